The highest BCUT2D eigenvalue weighted by Crippen LogP contribution is 2.29. The largest absolute Gasteiger partial charge is 0.380 e. The molecule has 5 nitrogen and oxygen atoms in total. The van der Waals surface area contributed by atoms with Gasteiger partial charge in [-0.05, 0) is 29.8 Å². The minimum Gasteiger partial charge on any atom is -0.380 e. The number of nitrogens with one attached hydrogen (secondary N) is 1. The summed E-state index contributed by atoms with van der Waals surface area (Å²) in [5.74, 6) is 0.467. The van der Waals surface area contributed by atoms with Crippen LogP contribution in [0.3, 0.4) is 0 Å². The smallest absolute Gasteiger partial charge is 0.256 e. The molecule has 4 aromatic rings. The predicted octanol–water partition coefficient (Wildman–Crippen LogP) is 4.40. The van der Waals surface area contributed by atoms with Crippen LogP contribution in [0.2, 0.25) is 0 Å². The van der Waals surface area contributed by atoms with Crippen molar-refractivity contribution in [3.63, 3.8) is 0 Å². The summed E-state index contributed by atoms with van der Waals surface area (Å²) in [4.78, 5) is 17.6. The van der Waals surface area contributed by atoms with Crippen LogP contribution in [0.15, 0.2) is 79.0 Å². The average molecular weight is 357 g/mol. The topological polar surface area (TPSA) is 55.6 Å². The molecule has 0 radical (unpaired) electrons. The summed E-state index contributed by atoms with van der Waals surface area (Å²) in [5.41, 5.74) is 3.99. The molecule has 0 atom stereocenters. The normalized spacial score (nSPS) is 10.9. The summed E-state index contributed by atoms with van der Waals surface area (Å²) < 4.78 is 7.05. The molecule has 0 aliphatic heterocycles. The number of carbonyl (C=O) groups excluding carboxylic acids is 1. The zero-order valence-electron chi connectivity index (χ0n) is 14.9. The maximum absolute atomic E-state index is 12.9. The molecule has 27 heavy (non-hydrogen) atoms. The van der Waals surface area contributed by atoms with Gasteiger partial charge in [-0.15, -0.1) is 0 Å². The highest BCUT2D eigenvalue weighted by Gasteiger charge is 2.17. The lowest BCUT2D eigenvalue weighted by atomic mass is 10.1. The van der Waals surface area contributed by atoms with Gasteiger partial charge >= 0.3 is 0 Å². The van der Waals surface area contributed by atoms with E-state index >= 15 is 0 Å². The number of hydrogen-bond donors (Lipinski definition) is 1. The molecule has 0 saturated heterocycles. The van der Waals surface area contributed by atoms with E-state index in [0.717, 1.165) is 22.5 Å². The Bertz CT molecular complexity index is 1090. The van der Waals surface area contributed by atoms with Crippen molar-refractivity contribution in [3.8, 4) is 11.3 Å². The van der Waals surface area contributed by atoms with Gasteiger partial charge in [0.05, 0.1) is 6.61 Å². The highest BCUT2D eigenvalue weighted by atomic mass is 16.5. The lowest BCUT2D eigenvalue weighted by Crippen LogP contribution is -2.14. The Morgan fingerprint density at radius 3 is 2.67 bits per heavy atom. The Kier molecular flexibility index (Phi) is 4.68. The van der Waals surface area contributed by atoms with Gasteiger partial charge in [-0.3, -0.25) is 9.20 Å². The van der Waals surface area contributed by atoms with Crippen molar-refractivity contribution in [1.82, 2.24) is 9.38 Å². The molecule has 2 aromatic carbocycles. The SMILES string of the molecule is COCc1cccc(C(=O)Nc2c(-c3ccccc3)nc3ccccn23)c1. The van der Waals surface area contributed by atoms with Gasteiger partial charge in [-0.25, -0.2) is 4.98 Å². The van der Waals surface area contributed by atoms with E-state index in [0.29, 0.717) is 18.0 Å². The van der Waals surface area contributed by atoms with Crippen molar-refractivity contribution in [2.45, 2.75) is 6.61 Å². The van der Waals surface area contributed by atoms with E-state index in [1.807, 2.05) is 77.3 Å². The number of imidazole rings is 1. The van der Waals surface area contributed by atoms with Crippen LogP contribution in [0.4, 0.5) is 5.82 Å². The van der Waals surface area contributed by atoms with Gasteiger partial charge in [-0.2, -0.15) is 0 Å². The predicted molar refractivity (Wildman–Crippen MR) is 106 cm³/mol. The van der Waals surface area contributed by atoms with Crippen molar-refractivity contribution in [3.05, 3.63) is 90.1 Å². The number of anilines is 1. The van der Waals surface area contributed by atoms with Gasteiger partial charge in [0.25, 0.3) is 5.91 Å². The lowest BCUT2D eigenvalue weighted by Gasteiger charge is -2.09. The first-order valence-corrected chi connectivity index (χ1v) is 8.68. The number of carbonyl (C=O) groups is 1. The number of fused-ring (bicyclic) bond motifs is 1. The minimum absolute atomic E-state index is 0.184. The van der Waals surface area contributed by atoms with Gasteiger partial charge < -0.3 is 10.1 Å². The van der Waals surface area contributed by atoms with Crippen LogP contribution in [-0.4, -0.2) is 22.4 Å². The molecule has 0 bridgehead atoms. The number of ether oxygens (including phenoxy) is 1. The van der Waals surface area contributed by atoms with E-state index in [-0.39, 0.29) is 5.91 Å². The van der Waals surface area contributed by atoms with E-state index in [1.54, 1.807) is 13.2 Å². The Balaban J connectivity index is 1.75. The zero-order chi connectivity index (χ0) is 18.6. The molecule has 0 spiro atoms. The molecule has 0 unspecified atom stereocenters. The first-order valence-electron chi connectivity index (χ1n) is 8.68. The summed E-state index contributed by atoms with van der Waals surface area (Å²) in [6.07, 6.45) is 1.89. The molecule has 0 saturated carbocycles. The molecule has 0 fully saturated rings. The maximum Gasteiger partial charge on any atom is 0.256 e. The molecular weight excluding hydrogens is 338 g/mol. The van der Waals surface area contributed by atoms with Crippen LogP contribution in [0.5, 0.6) is 0 Å². The second-order valence-corrected chi connectivity index (χ2v) is 6.19. The second-order valence-electron chi connectivity index (χ2n) is 6.19. The number of amides is 1. The second kappa shape index (κ2) is 7.43. The lowest BCUT2D eigenvalue weighted by molar-refractivity contribution is 0.102. The van der Waals surface area contributed by atoms with Crippen LogP contribution in [0.25, 0.3) is 16.9 Å². The molecule has 0 aliphatic carbocycles. The molecule has 2 heterocycles. The fourth-order valence-corrected chi connectivity index (χ4v) is 3.06. The summed E-state index contributed by atoms with van der Waals surface area (Å²) in [6.45, 7) is 0.464. The summed E-state index contributed by atoms with van der Waals surface area (Å²) in [7, 11) is 1.64. The van der Waals surface area contributed by atoms with E-state index in [9.17, 15) is 4.79 Å². The van der Waals surface area contributed by atoms with Crippen LogP contribution in [0.1, 0.15) is 15.9 Å². The Morgan fingerprint density at radius 1 is 1.04 bits per heavy atom. The highest BCUT2D eigenvalue weighted by molar-refractivity contribution is 6.05. The van der Waals surface area contributed by atoms with Crippen molar-refractivity contribution in [1.29, 1.82) is 0 Å². The molecule has 5 heteroatoms. The van der Waals surface area contributed by atoms with Crippen LogP contribution >= 0.6 is 0 Å². The van der Waals surface area contributed by atoms with Gasteiger partial charge in [0, 0.05) is 24.4 Å². The summed E-state index contributed by atoms with van der Waals surface area (Å²) >= 11 is 0. The number of methoxy groups -OCH3 is 1. The van der Waals surface area contributed by atoms with Crippen molar-refractivity contribution >= 4 is 17.4 Å². The number of pyridine rings is 1. The molecule has 4 rings (SSSR count). The average Bonchev–Trinajstić information content (AvgIpc) is 3.08. The van der Waals surface area contributed by atoms with Gasteiger partial charge in [0.15, 0.2) is 0 Å². The third kappa shape index (κ3) is 3.45. The maximum atomic E-state index is 12.9. The molecule has 1 N–H and O–H groups in total. The molecule has 134 valence electrons. The first kappa shape index (κ1) is 17.0. The zero-order valence-corrected chi connectivity index (χ0v) is 14.9. The van der Waals surface area contributed by atoms with Crippen LogP contribution in [-0.2, 0) is 11.3 Å². The first-order chi connectivity index (χ1) is 13.3. The van der Waals surface area contributed by atoms with Gasteiger partial charge in [0.2, 0.25) is 0 Å². The Hall–Kier alpha value is -3.44. The number of rotatable bonds is 5. The third-order valence-electron chi connectivity index (χ3n) is 4.31. The quantitative estimate of drug-likeness (QED) is 0.576. The van der Waals surface area contributed by atoms with E-state index in [4.69, 9.17) is 9.72 Å². The standard InChI is InChI=1S/C22H19N3O2/c1-27-15-16-8-7-11-18(14-16)22(26)24-21-20(17-9-3-2-4-10-17)23-19-12-5-6-13-25(19)21/h2-14H,15H2,1H3,(H,24,26). The minimum atomic E-state index is -0.184. The van der Waals surface area contributed by atoms with Gasteiger partial charge in [0.1, 0.15) is 17.2 Å². The summed E-state index contributed by atoms with van der Waals surface area (Å²) in [5, 5.41) is 3.04. The number of hydrogen-bond acceptors (Lipinski definition) is 3. The van der Waals surface area contributed by atoms with Crippen molar-refractivity contribution < 1.29 is 9.53 Å². The number of aromatic nitrogens is 2. The van der Waals surface area contributed by atoms with E-state index in [2.05, 4.69) is 5.32 Å². The number of nitrogens with zero attached hydrogens (tertiary/aromatic N) is 2. The van der Waals surface area contributed by atoms with Crippen LogP contribution < -0.4 is 5.32 Å². The summed E-state index contributed by atoms with van der Waals surface area (Å²) in [6, 6.07) is 23.0. The number of benzene rings is 2. The van der Waals surface area contributed by atoms with Crippen molar-refractivity contribution in [2.24, 2.45) is 0 Å². The molecular formula is C22H19N3O2. The van der Waals surface area contributed by atoms with E-state index < -0.39 is 0 Å². The Morgan fingerprint density at radius 2 is 1.85 bits per heavy atom. The third-order valence-corrected chi connectivity index (χ3v) is 4.31. The Labute approximate surface area is 157 Å². The van der Waals surface area contributed by atoms with Crippen molar-refractivity contribution in [2.75, 3.05) is 12.4 Å². The van der Waals surface area contributed by atoms with Crippen LogP contribution in [0, 0.1) is 0 Å². The molecule has 2 aromatic heterocycles. The monoisotopic (exact) mass is 357 g/mol. The van der Waals surface area contributed by atoms with E-state index in [1.165, 1.54) is 0 Å². The molecule has 0 aliphatic rings. The fourth-order valence-electron chi connectivity index (χ4n) is 3.06. The fraction of sp³-hybridized carbons (Fsp3) is 0.0909. The van der Waals surface area contributed by atoms with Gasteiger partial charge in [-0.1, -0.05) is 48.5 Å². The molecule has 1 amide bonds.